The summed E-state index contributed by atoms with van der Waals surface area (Å²) in [4.78, 5) is 43.9. The molecule has 0 aromatic rings. The standard InChI is InChI=1S/C24H36N2O6/c1-6-12-25(16(3)4)21(29)19-24-11-10-23(5,32-24)18(22(30)31-15-7-2)17(24)20(28)26(19)13-8-9-14-27/h6-7,16-19,27H,1-2,8-15H2,3-5H3/t17-,18+,19?,23-,24?/m0/s1. The molecule has 2 bridgehead atoms. The van der Waals surface area contributed by atoms with Crippen LogP contribution in [0.2, 0.25) is 0 Å². The zero-order chi connectivity index (χ0) is 23.7. The van der Waals surface area contributed by atoms with E-state index in [0.717, 1.165) is 0 Å². The predicted octanol–water partition coefficient (Wildman–Crippen LogP) is 1.68. The largest absolute Gasteiger partial charge is 0.461 e. The fourth-order valence-corrected chi connectivity index (χ4v) is 5.78. The Balaban J connectivity index is 2.03. The van der Waals surface area contributed by atoms with Crippen molar-refractivity contribution in [2.24, 2.45) is 11.8 Å². The second-order valence-electron chi connectivity index (χ2n) is 9.48. The molecule has 178 valence electrons. The van der Waals surface area contributed by atoms with E-state index in [1.165, 1.54) is 6.08 Å². The van der Waals surface area contributed by atoms with E-state index in [2.05, 4.69) is 13.2 Å². The summed E-state index contributed by atoms with van der Waals surface area (Å²) in [6, 6.07) is -0.909. The average molecular weight is 449 g/mol. The number of aliphatic hydroxyl groups is 1. The fourth-order valence-electron chi connectivity index (χ4n) is 5.78. The van der Waals surface area contributed by atoms with Gasteiger partial charge in [-0.15, -0.1) is 6.58 Å². The van der Waals surface area contributed by atoms with Gasteiger partial charge in [-0.25, -0.2) is 0 Å². The van der Waals surface area contributed by atoms with E-state index in [0.29, 0.717) is 38.8 Å². The molecule has 3 saturated heterocycles. The minimum absolute atomic E-state index is 0.00880. The first-order valence-corrected chi connectivity index (χ1v) is 11.5. The highest BCUT2D eigenvalue weighted by Gasteiger charge is 2.78. The summed E-state index contributed by atoms with van der Waals surface area (Å²) in [5, 5.41) is 9.22. The molecular formula is C24H36N2O6. The van der Waals surface area contributed by atoms with Gasteiger partial charge in [0.25, 0.3) is 0 Å². The number of amides is 2. The predicted molar refractivity (Wildman–Crippen MR) is 118 cm³/mol. The lowest BCUT2D eigenvalue weighted by molar-refractivity contribution is -0.159. The molecule has 0 aliphatic carbocycles. The Kier molecular flexibility index (Phi) is 7.15. The van der Waals surface area contributed by atoms with Crippen LogP contribution in [0.5, 0.6) is 0 Å². The summed E-state index contributed by atoms with van der Waals surface area (Å²) in [5.41, 5.74) is -1.91. The highest BCUT2D eigenvalue weighted by molar-refractivity contribution is 5.98. The quantitative estimate of drug-likeness (QED) is 0.293. The number of nitrogens with zero attached hydrogens (tertiary/aromatic N) is 2. The van der Waals surface area contributed by atoms with Crippen molar-refractivity contribution in [2.45, 2.75) is 69.7 Å². The van der Waals surface area contributed by atoms with Crippen molar-refractivity contribution >= 4 is 17.8 Å². The smallest absolute Gasteiger partial charge is 0.313 e. The number of esters is 1. The molecule has 3 heterocycles. The van der Waals surface area contributed by atoms with Crippen molar-refractivity contribution in [1.29, 1.82) is 0 Å². The molecule has 3 fully saturated rings. The highest BCUT2D eigenvalue weighted by Crippen LogP contribution is 2.63. The van der Waals surface area contributed by atoms with Crippen molar-refractivity contribution in [2.75, 3.05) is 26.3 Å². The van der Waals surface area contributed by atoms with Gasteiger partial charge in [-0.05, 0) is 46.5 Å². The summed E-state index contributed by atoms with van der Waals surface area (Å²) in [6.07, 6.45) is 5.33. The average Bonchev–Trinajstić information content (AvgIpc) is 3.31. The maximum absolute atomic E-state index is 13.9. The van der Waals surface area contributed by atoms with Gasteiger partial charge in [-0.2, -0.15) is 0 Å². The molecule has 1 N–H and O–H groups in total. The van der Waals surface area contributed by atoms with Crippen LogP contribution < -0.4 is 0 Å². The molecule has 8 nitrogen and oxygen atoms in total. The number of hydrogen-bond donors (Lipinski definition) is 1. The lowest BCUT2D eigenvalue weighted by Crippen LogP contribution is -2.57. The van der Waals surface area contributed by atoms with Crippen LogP contribution in [-0.4, -0.2) is 82.3 Å². The first kappa shape index (κ1) is 24.5. The minimum atomic E-state index is -1.06. The van der Waals surface area contributed by atoms with Crippen molar-refractivity contribution in [3.05, 3.63) is 25.3 Å². The third-order valence-corrected chi connectivity index (χ3v) is 7.15. The molecule has 0 aromatic carbocycles. The second-order valence-corrected chi connectivity index (χ2v) is 9.48. The third kappa shape index (κ3) is 3.77. The first-order valence-electron chi connectivity index (χ1n) is 11.5. The van der Waals surface area contributed by atoms with Crippen molar-refractivity contribution in [3.8, 4) is 0 Å². The van der Waals surface area contributed by atoms with Crippen LogP contribution in [0.15, 0.2) is 25.3 Å². The number of hydrogen-bond acceptors (Lipinski definition) is 6. The normalized spacial score (nSPS) is 32.8. The number of likely N-dealkylation sites (tertiary alicyclic amines) is 1. The van der Waals surface area contributed by atoms with E-state index in [1.54, 1.807) is 15.9 Å². The molecule has 5 atom stereocenters. The van der Waals surface area contributed by atoms with Crippen LogP contribution in [-0.2, 0) is 23.9 Å². The summed E-state index contributed by atoms with van der Waals surface area (Å²) in [7, 11) is 0. The Morgan fingerprint density at radius 2 is 2.03 bits per heavy atom. The van der Waals surface area contributed by atoms with Crippen LogP contribution in [0.25, 0.3) is 0 Å². The Labute approximate surface area is 190 Å². The number of unbranched alkanes of at least 4 members (excludes halogenated alkanes) is 1. The SMILES string of the molecule is C=CCOC(=O)[C@H]1[C@H]2C(=O)N(CCCCO)C(C(=O)N(CC=C)C(C)C)C23CC[C@]1(C)O3. The van der Waals surface area contributed by atoms with E-state index < -0.39 is 35.0 Å². The molecule has 32 heavy (non-hydrogen) atoms. The maximum atomic E-state index is 13.9. The summed E-state index contributed by atoms with van der Waals surface area (Å²) < 4.78 is 11.9. The topological polar surface area (TPSA) is 96.4 Å². The number of rotatable bonds is 11. The number of carbonyl (C=O) groups is 3. The number of aliphatic hydroxyl groups excluding tert-OH is 1. The van der Waals surface area contributed by atoms with Crippen LogP contribution in [0.4, 0.5) is 0 Å². The van der Waals surface area contributed by atoms with Gasteiger partial charge in [0.05, 0.1) is 11.5 Å². The van der Waals surface area contributed by atoms with Gasteiger partial charge in [-0.3, -0.25) is 14.4 Å². The molecule has 2 unspecified atom stereocenters. The Morgan fingerprint density at radius 1 is 1.31 bits per heavy atom. The second kappa shape index (κ2) is 9.35. The molecule has 3 rings (SSSR count). The highest BCUT2D eigenvalue weighted by atomic mass is 16.6. The van der Waals surface area contributed by atoms with E-state index in [-0.39, 0.29) is 31.1 Å². The van der Waals surface area contributed by atoms with Crippen molar-refractivity contribution < 1.29 is 29.0 Å². The Morgan fingerprint density at radius 3 is 2.62 bits per heavy atom. The van der Waals surface area contributed by atoms with E-state index >= 15 is 0 Å². The van der Waals surface area contributed by atoms with Gasteiger partial charge in [0.2, 0.25) is 11.8 Å². The molecular weight excluding hydrogens is 412 g/mol. The van der Waals surface area contributed by atoms with E-state index in [9.17, 15) is 19.5 Å². The fraction of sp³-hybridized carbons (Fsp3) is 0.708. The number of fused-ring (bicyclic) bond motifs is 1. The van der Waals surface area contributed by atoms with Crippen LogP contribution in [0.3, 0.4) is 0 Å². The lowest BCUT2D eigenvalue weighted by Gasteiger charge is -2.38. The number of ether oxygens (including phenoxy) is 2. The number of carbonyl (C=O) groups excluding carboxylic acids is 3. The van der Waals surface area contributed by atoms with Gasteiger partial charge in [0, 0.05) is 25.7 Å². The van der Waals surface area contributed by atoms with Crippen molar-refractivity contribution in [1.82, 2.24) is 9.80 Å². The molecule has 3 aliphatic heterocycles. The van der Waals surface area contributed by atoms with E-state index in [4.69, 9.17) is 9.47 Å². The summed E-state index contributed by atoms with van der Waals surface area (Å²) >= 11 is 0. The maximum Gasteiger partial charge on any atom is 0.313 e. The molecule has 0 radical (unpaired) electrons. The van der Waals surface area contributed by atoms with Crippen LogP contribution in [0, 0.1) is 11.8 Å². The van der Waals surface area contributed by atoms with Gasteiger partial charge in [0.1, 0.15) is 24.2 Å². The minimum Gasteiger partial charge on any atom is -0.461 e. The monoisotopic (exact) mass is 448 g/mol. The van der Waals surface area contributed by atoms with Gasteiger partial charge < -0.3 is 24.4 Å². The van der Waals surface area contributed by atoms with Crippen LogP contribution >= 0.6 is 0 Å². The summed E-state index contributed by atoms with van der Waals surface area (Å²) in [6.45, 7) is 13.8. The molecule has 1 spiro atoms. The first-order chi connectivity index (χ1) is 15.2. The Bertz CT molecular complexity index is 782. The molecule has 2 amide bonds. The van der Waals surface area contributed by atoms with Crippen LogP contribution in [0.1, 0.15) is 46.5 Å². The van der Waals surface area contributed by atoms with Crippen molar-refractivity contribution in [3.63, 3.8) is 0 Å². The Hall–Kier alpha value is -2.19. The van der Waals surface area contributed by atoms with Gasteiger partial charge >= 0.3 is 5.97 Å². The summed E-state index contributed by atoms with van der Waals surface area (Å²) in [5.74, 6) is -2.45. The molecule has 0 saturated carbocycles. The lowest BCUT2D eigenvalue weighted by atomic mass is 9.66. The third-order valence-electron chi connectivity index (χ3n) is 7.15. The van der Waals surface area contributed by atoms with Gasteiger partial charge in [-0.1, -0.05) is 18.7 Å². The zero-order valence-electron chi connectivity index (χ0n) is 19.4. The zero-order valence-corrected chi connectivity index (χ0v) is 19.4. The molecule has 8 heteroatoms. The van der Waals surface area contributed by atoms with E-state index in [1.807, 2.05) is 20.8 Å². The van der Waals surface area contributed by atoms with Gasteiger partial charge in [0.15, 0.2) is 0 Å². The molecule has 3 aliphatic rings. The molecule has 0 aromatic heterocycles.